The van der Waals surface area contributed by atoms with E-state index in [0.29, 0.717) is 23.9 Å². The first-order valence-corrected chi connectivity index (χ1v) is 8.81. The fourth-order valence-electron chi connectivity index (χ4n) is 3.04. The maximum atomic E-state index is 12.4. The molecule has 0 aromatic heterocycles. The Bertz CT molecular complexity index is 725. The Hall–Kier alpha value is -2.04. The maximum absolute atomic E-state index is 12.4. The summed E-state index contributed by atoms with van der Waals surface area (Å²) in [6, 6.07) is 15.6. The first-order chi connectivity index (χ1) is 12.0. The maximum Gasteiger partial charge on any atom is 0.260 e. The smallest absolute Gasteiger partial charge is 0.260 e. The number of hydrogen-bond acceptors (Lipinski definition) is 3. The van der Waals surface area contributed by atoms with Gasteiger partial charge in [0.1, 0.15) is 5.75 Å². The predicted molar refractivity (Wildman–Crippen MR) is 99.0 cm³/mol. The van der Waals surface area contributed by atoms with Crippen LogP contribution in [0.4, 0.5) is 0 Å². The molecule has 0 unspecified atom stereocenters. The van der Waals surface area contributed by atoms with Crippen LogP contribution in [0.3, 0.4) is 0 Å². The normalized spacial score (nSPS) is 20.4. The minimum atomic E-state index is -0.0507. The van der Waals surface area contributed by atoms with Crippen LogP contribution in [0.5, 0.6) is 5.75 Å². The number of morpholine rings is 1. The fraction of sp³-hybridized carbons (Fsp3) is 0.350. The summed E-state index contributed by atoms with van der Waals surface area (Å²) in [7, 11) is 0. The van der Waals surface area contributed by atoms with Gasteiger partial charge in [0.05, 0.1) is 17.2 Å². The van der Waals surface area contributed by atoms with Gasteiger partial charge in [-0.25, -0.2) is 0 Å². The van der Waals surface area contributed by atoms with Gasteiger partial charge in [0.15, 0.2) is 6.61 Å². The number of ether oxygens (including phenoxy) is 2. The Morgan fingerprint density at radius 3 is 2.44 bits per heavy atom. The molecule has 4 nitrogen and oxygen atoms in total. The Labute approximate surface area is 153 Å². The quantitative estimate of drug-likeness (QED) is 0.827. The lowest BCUT2D eigenvalue weighted by Crippen LogP contribution is -2.49. The largest absolute Gasteiger partial charge is 0.482 e. The topological polar surface area (TPSA) is 38.8 Å². The third-order valence-corrected chi connectivity index (χ3v) is 4.46. The van der Waals surface area contributed by atoms with Gasteiger partial charge in [-0.3, -0.25) is 4.79 Å². The van der Waals surface area contributed by atoms with Crippen LogP contribution in [0.25, 0.3) is 11.1 Å². The minimum Gasteiger partial charge on any atom is -0.482 e. The zero-order valence-electron chi connectivity index (χ0n) is 14.4. The van der Waals surface area contributed by atoms with Gasteiger partial charge < -0.3 is 14.4 Å². The molecule has 5 heteroatoms. The fourth-order valence-corrected chi connectivity index (χ4v) is 3.28. The lowest BCUT2D eigenvalue weighted by molar-refractivity contribution is -0.145. The van der Waals surface area contributed by atoms with Gasteiger partial charge in [0.25, 0.3) is 5.91 Å². The van der Waals surface area contributed by atoms with E-state index in [1.54, 1.807) is 4.90 Å². The molecule has 1 amide bonds. The third-order valence-electron chi connectivity index (χ3n) is 4.16. The molecule has 1 aliphatic heterocycles. The van der Waals surface area contributed by atoms with E-state index >= 15 is 0 Å². The van der Waals surface area contributed by atoms with E-state index in [2.05, 4.69) is 0 Å². The molecule has 0 bridgehead atoms. The summed E-state index contributed by atoms with van der Waals surface area (Å²) in [5.41, 5.74) is 2.10. The number of carbonyl (C=O) groups is 1. The molecular weight excluding hydrogens is 338 g/mol. The van der Waals surface area contributed by atoms with Crippen LogP contribution in [-0.4, -0.2) is 42.7 Å². The number of nitrogens with zero attached hydrogens (tertiary/aromatic N) is 1. The molecule has 0 aliphatic carbocycles. The van der Waals surface area contributed by atoms with E-state index in [9.17, 15) is 4.79 Å². The summed E-state index contributed by atoms with van der Waals surface area (Å²) < 4.78 is 11.3. The average Bonchev–Trinajstić information content (AvgIpc) is 2.60. The van der Waals surface area contributed by atoms with Gasteiger partial charge in [0, 0.05) is 13.1 Å². The molecule has 132 valence electrons. The van der Waals surface area contributed by atoms with E-state index in [-0.39, 0.29) is 24.7 Å². The molecule has 0 N–H and O–H groups in total. The molecular formula is C20H22ClNO3. The van der Waals surface area contributed by atoms with Gasteiger partial charge >= 0.3 is 0 Å². The Morgan fingerprint density at radius 2 is 1.80 bits per heavy atom. The van der Waals surface area contributed by atoms with Gasteiger partial charge in [-0.05, 0) is 37.1 Å². The molecule has 2 aromatic carbocycles. The monoisotopic (exact) mass is 359 g/mol. The summed E-state index contributed by atoms with van der Waals surface area (Å²) >= 11 is 6.32. The highest BCUT2D eigenvalue weighted by molar-refractivity contribution is 6.32. The highest BCUT2D eigenvalue weighted by atomic mass is 35.5. The van der Waals surface area contributed by atoms with Crippen LogP contribution in [0.15, 0.2) is 48.5 Å². The zero-order chi connectivity index (χ0) is 17.8. The zero-order valence-corrected chi connectivity index (χ0v) is 15.2. The first kappa shape index (κ1) is 17.8. The van der Waals surface area contributed by atoms with Crippen molar-refractivity contribution >= 4 is 17.5 Å². The van der Waals surface area contributed by atoms with E-state index < -0.39 is 0 Å². The molecule has 2 atom stereocenters. The molecule has 0 radical (unpaired) electrons. The lowest BCUT2D eigenvalue weighted by atomic mass is 10.1. The van der Waals surface area contributed by atoms with Crippen molar-refractivity contribution < 1.29 is 14.3 Å². The van der Waals surface area contributed by atoms with Crippen molar-refractivity contribution in [1.29, 1.82) is 0 Å². The third kappa shape index (κ3) is 4.53. The second kappa shape index (κ2) is 7.89. The highest BCUT2D eigenvalue weighted by Crippen LogP contribution is 2.30. The summed E-state index contributed by atoms with van der Waals surface area (Å²) in [6.45, 7) is 5.09. The van der Waals surface area contributed by atoms with Crippen LogP contribution in [0.2, 0.25) is 5.02 Å². The second-order valence-electron chi connectivity index (χ2n) is 6.36. The van der Waals surface area contributed by atoms with Crippen molar-refractivity contribution in [3.8, 4) is 16.9 Å². The molecule has 0 saturated carbocycles. The molecule has 1 aliphatic rings. The van der Waals surface area contributed by atoms with Crippen molar-refractivity contribution in [2.24, 2.45) is 0 Å². The van der Waals surface area contributed by atoms with Crippen molar-refractivity contribution in [3.05, 3.63) is 53.6 Å². The highest BCUT2D eigenvalue weighted by Gasteiger charge is 2.26. The summed E-state index contributed by atoms with van der Waals surface area (Å²) in [5, 5.41) is 0.498. The second-order valence-corrected chi connectivity index (χ2v) is 6.76. The van der Waals surface area contributed by atoms with Crippen molar-refractivity contribution in [2.75, 3.05) is 19.7 Å². The molecule has 3 rings (SSSR count). The van der Waals surface area contributed by atoms with Crippen LogP contribution in [0, 0.1) is 0 Å². The van der Waals surface area contributed by atoms with E-state index in [1.807, 2.05) is 62.4 Å². The number of benzene rings is 2. The standard InChI is InChI=1S/C20H22ClNO3/c1-14-11-22(12-15(2)25-14)20(23)13-24-19-9-8-17(10-18(19)21)16-6-4-3-5-7-16/h3-10,14-15H,11-13H2,1-2H3/t14-,15-/m0/s1. The van der Waals surface area contributed by atoms with Gasteiger partial charge in [-0.15, -0.1) is 0 Å². The molecule has 1 saturated heterocycles. The Kier molecular flexibility index (Phi) is 5.61. The SMILES string of the molecule is C[C@H]1CN(C(=O)COc2ccc(-c3ccccc3)cc2Cl)C[C@H](C)O1. The van der Waals surface area contributed by atoms with Crippen LogP contribution in [-0.2, 0) is 9.53 Å². The molecule has 1 heterocycles. The van der Waals surface area contributed by atoms with Crippen LogP contribution >= 0.6 is 11.6 Å². The number of halogens is 1. The lowest BCUT2D eigenvalue weighted by Gasteiger charge is -2.35. The van der Waals surface area contributed by atoms with Gasteiger partial charge in [0.2, 0.25) is 0 Å². The molecule has 2 aromatic rings. The van der Waals surface area contributed by atoms with E-state index in [1.165, 1.54) is 0 Å². The van der Waals surface area contributed by atoms with Gasteiger partial charge in [-0.1, -0.05) is 48.0 Å². The Balaban J connectivity index is 1.62. The summed E-state index contributed by atoms with van der Waals surface area (Å²) in [6.07, 6.45) is 0.0860. The first-order valence-electron chi connectivity index (χ1n) is 8.44. The molecule has 25 heavy (non-hydrogen) atoms. The number of hydrogen-bond donors (Lipinski definition) is 0. The minimum absolute atomic E-state index is 0.0240. The van der Waals surface area contributed by atoms with Crippen molar-refractivity contribution in [3.63, 3.8) is 0 Å². The van der Waals surface area contributed by atoms with Crippen LogP contribution < -0.4 is 4.74 Å². The van der Waals surface area contributed by atoms with Gasteiger partial charge in [-0.2, -0.15) is 0 Å². The van der Waals surface area contributed by atoms with Crippen LogP contribution in [0.1, 0.15) is 13.8 Å². The summed E-state index contributed by atoms with van der Waals surface area (Å²) in [5.74, 6) is 0.467. The van der Waals surface area contributed by atoms with Crippen molar-refractivity contribution in [2.45, 2.75) is 26.1 Å². The summed E-state index contributed by atoms with van der Waals surface area (Å²) in [4.78, 5) is 14.1. The number of amides is 1. The van der Waals surface area contributed by atoms with Crippen molar-refractivity contribution in [1.82, 2.24) is 4.90 Å². The molecule has 0 spiro atoms. The average molecular weight is 360 g/mol. The van der Waals surface area contributed by atoms with E-state index in [0.717, 1.165) is 11.1 Å². The van der Waals surface area contributed by atoms with E-state index in [4.69, 9.17) is 21.1 Å². The Morgan fingerprint density at radius 1 is 1.12 bits per heavy atom. The predicted octanol–water partition coefficient (Wildman–Crippen LogP) is 4.02. The molecule has 1 fully saturated rings. The number of rotatable bonds is 4. The number of carbonyl (C=O) groups excluding carboxylic acids is 1.